The Kier molecular flexibility index (Phi) is 27.5. The van der Waals surface area contributed by atoms with E-state index in [0.717, 1.165) is 6.08 Å². The van der Waals surface area contributed by atoms with Crippen LogP contribution in [0.4, 0.5) is 0 Å². The monoisotopic (exact) mass is 216 g/mol. The minimum atomic E-state index is -0.981. The van der Waals surface area contributed by atoms with Crippen LogP contribution >= 0.6 is 0 Å². The second kappa shape index (κ2) is 18.5. The minimum absolute atomic E-state index is 0. The predicted molar refractivity (Wildman–Crippen MR) is 40.6 cm³/mol. The fraction of sp³-hybridized carbons (Fsp3) is 0.571. The number of rotatable bonds is 5. The number of aliphatic hydroxyl groups is 1. The molecule has 2 N–H and O–H groups in total. The third-order valence-corrected chi connectivity index (χ3v) is 0.638. The summed E-state index contributed by atoms with van der Waals surface area (Å²) >= 11 is 0. The summed E-state index contributed by atoms with van der Waals surface area (Å²) in [4.78, 5) is 9.25. The number of ether oxygens (including phenoxy) is 1. The summed E-state index contributed by atoms with van der Waals surface area (Å²) in [6, 6.07) is 0. The molecule has 0 saturated heterocycles. The molecule has 0 heterocycles. The van der Waals surface area contributed by atoms with Crippen LogP contribution in [0.15, 0.2) is 12.7 Å². The zero-order chi connectivity index (χ0) is 9.82. The van der Waals surface area contributed by atoms with E-state index in [2.05, 4.69) is 11.3 Å². The number of carbonyl (C=O) groups is 1. The van der Waals surface area contributed by atoms with Gasteiger partial charge in [0, 0.05) is 12.7 Å². The molecule has 0 fully saturated rings. The van der Waals surface area contributed by atoms with Gasteiger partial charge in [0.1, 0.15) is 0 Å². The summed E-state index contributed by atoms with van der Waals surface area (Å²) in [7, 11) is 0. The Hall–Kier alpha value is 0.726. The zero-order valence-corrected chi connectivity index (χ0v) is 10.9. The van der Waals surface area contributed by atoms with Crippen molar-refractivity contribution < 1.29 is 76.2 Å². The molecule has 0 saturated carbocycles. The molecule has 0 aliphatic carbocycles. The van der Waals surface area contributed by atoms with Gasteiger partial charge >= 0.3 is 57.4 Å². The van der Waals surface area contributed by atoms with Crippen molar-refractivity contribution >= 4 is 5.97 Å². The Morgan fingerprint density at radius 3 is 2.23 bits per heavy atom. The van der Waals surface area contributed by atoms with Crippen molar-refractivity contribution in [1.29, 1.82) is 0 Å². The van der Waals surface area contributed by atoms with E-state index in [-0.39, 0.29) is 77.8 Å². The third-order valence-electron chi connectivity index (χ3n) is 0.638. The van der Waals surface area contributed by atoms with Gasteiger partial charge in [-0.1, -0.05) is 6.58 Å². The van der Waals surface area contributed by atoms with Gasteiger partial charge in [0.2, 0.25) is 0 Å². The number of hydrogen-bond donors (Lipinski definition) is 2. The minimum Gasteiger partial charge on any atom is -0.853 e. The van der Waals surface area contributed by atoms with Crippen molar-refractivity contribution in [2.75, 3.05) is 26.4 Å². The van der Waals surface area contributed by atoms with Gasteiger partial charge < -0.3 is 20.1 Å². The largest absolute Gasteiger partial charge is 1.00 e. The van der Waals surface area contributed by atoms with E-state index < -0.39 is 5.97 Å². The molecule has 0 aromatic carbocycles. The van der Waals surface area contributed by atoms with Gasteiger partial charge in [-0.05, 0) is 0 Å². The fourth-order valence-electron chi connectivity index (χ4n) is 0.226. The molecule has 0 spiro atoms. The Morgan fingerprint density at radius 2 is 2.00 bits per heavy atom. The van der Waals surface area contributed by atoms with Crippen molar-refractivity contribution in [3.8, 4) is 0 Å². The normalized spacial score (nSPS) is 7.54. The van der Waals surface area contributed by atoms with Crippen LogP contribution < -0.4 is 56.5 Å². The van der Waals surface area contributed by atoms with Gasteiger partial charge in [0.15, 0.2) is 0 Å². The molecular weight excluding hydrogens is 203 g/mol. The maximum absolute atomic E-state index is 9.60. The van der Waals surface area contributed by atoms with Crippen molar-refractivity contribution in [2.45, 2.75) is 0 Å². The van der Waals surface area contributed by atoms with Crippen LogP contribution in [0.1, 0.15) is 0 Å². The second-order valence-corrected chi connectivity index (χ2v) is 1.58. The first kappa shape index (κ1) is 19.3. The summed E-state index contributed by atoms with van der Waals surface area (Å²) in [5, 5.41) is 25.3. The average molecular weight is 216 g/mol. The summed E-state index contributed by atoms with van der Waals surface area (Å²) in [6.45, 7) is 3.23. The molecule has 6 heteroatoms. The molecular formula is C7H13KO5. The number of hydrogen-bond acceptors (Lipinski definition) is 4. The van der Waals surface area contributed by atoms with Gasteiger partial charge in [-0.2, -0.15) is 0 Å². The van der Waals surface area contributed by atoms with E-state index in [0.29, 0.717) is 0 Å². The standard InChI is InChI=1S/C4H9O3.C3H4O2.K/c5-1-3-7-4-2-6;1-2-3(4)5;/h5H,1-4H2;2H,1H2,(H,4,5);/q-1;;+1. The first-order valence-corrected chi connectivity index (χ1v) is 3.31. The molecule has 0 bridgehead atoms. The van der Waals surface area contributed by atoms with Crippen molar-refractivity contribution in [3.63, 3.8) is 0 Å². The van der Waals surface area contributed by atoms with E-state index >= 15 is 0 Å². The van der Waals surface area contributed by atoms with Crippen molar-refractivity contribution in [2.24, 2.45) is 0 Å². The summed E-state index contributed by atoms with van der Waals surface area (Å²) < 4.78 is 4.57. The van der Waals surface area contributed by atoms with E-state index in [1.54, 1.807) is 0 Å². The Labute approximate surface area is 120 Å². The summed E-state index contributed by atoms with van der Waals surface area (Å²) in [5.41, 5.74) is 0. The Balaban J connectivity index is -0.000000150. The van der Waals surface area contributed by atoms with E-state index in [9.17, 15) is 9.90 Å². The molecule has 5 nitrogen and oxygen atoms in total. The van der Waals surface area contributed by atoms with Gasteiger partial charge in [-0.25, -0.2) is 4.79 Å². The SMILES string of the molecule is C=CC(=O)O.[K+].[O-]CCOCCO. The van der Waals surface area contributed by atoms with Crippen LogP contribution in [-0.2, 0) is 9.53 Å². The maximum Gasteiger partial charge on any atom is 1.00 e. The smallest absolute Gasteiger partial charge is 0.853 e. The molecule has 0 amide bonds. The Bertz CT molecular complexity index is 113. The number of aliphatic carboxylic acids is 1. The van der Waals surface area contributed by atoms with Crippen LogP contribution in [0.5, 0.6) is 0 Å². The molecule has 0 unspecified atom stereocenters. The van der Waals surface area contributed by atoms with Gasteiger partial charge in [0.05, 0.1) is 13.2 Å². The molecule has 13 heavy (non-hydrogen) atoms. The van der Waals surface area contributed by atoms with E-state index in [1.807, 2.05) is 0 Å². The molecule has 0 aliphatic heterocycles. The van der Waals surface area contributed by atoms with Gasteiger partial charge in [-0.3, -0.25) is 0 Å². The van der Waals surface area contributed by atoms with Crippen LogP contribution in [-0.4, -0.2) is 42.6 Å². The molecule has 0 atom stereocenters. The van der Waals surface area contributed by atoms with Crippen LogP contribution in [0.2, 0.25) is 0 Å². The second-order valence-electron chi connectivity index (χ2n) is 1.58. The van der Waals surface area contributed by atoms with Crippen LogP contribution in [0, 0.1) is 0 Å². The van der Waals surface area contributed by atoms with Crippen molar-refractivity contribution in [1.82, 2.24) is 0 Å². The molecule has 72 valence electrons. The topological polar surface area (TPSA) is 89.8 Å². The molecule has 0 aliphatic rings. The van der Waals surface area contributed by atoms with Crippen LogP contribution in [0.25, 0.3) is 0 Å². The maximum atomic E-state index is 9.60. The Morgan fingerprint density at radius 1 is 1.54 bits per heavy atom. The zero-order valence-electron chi connectivity index (χ0n) is 7.73. The van der Waals surface area contributed by atoms with Crippen LogP contribution in [0.3, 0.4) is 0 Å². The van der Waals surface area contributed by atoms with E-state index in [4.69, 9.17) is 10.2 Å². The molecule has 0 aromatic rings. The molecule has 0 aromatic heterocycles. The third kappa shape index (κ3) is 32.4. The summed E-state index contributed by atoms with van der Waals surface area (Å²) in [6.07, 6.45) is 0.833. The number of carboxylic acids is 1. The quantitative estimate of drug-likeness (QED) is 0.275. The average Bonchev–Trinajstić information content (AvgIpc) is 2.07. The first-order valence-electron chi connectivity index (χ1n) is 3.31. The first-order chi connectivity index (χ1) is 5.68. The summed E-state index contributed by atoms with van der Waals surface area (Å²) in [5.74, 6) is -0.981. The van der Waals surface area contributed by atoms with Gasteiger partial charge in [0.25, 0.3) is 0 Å². The predicted octanol–water partition coefficient (Wildman–Crippen LogP) is -4.38. The van der Waals surface area contributed by atoms with Gasteiger partial charge in [-0.15, -0.1) is 6.61 Å². The molecule has 0 rings (SSSR count). The van der Waals surface area contributed by atoms with E-state index in [1.165, 1.54) is 0 Å². The number of carboxylic acid groups (broad SMARTS) is 1. The fourth-order valence-corrected chi connectivity index (χ4v) is 0.226. The molecule has 0 radical (unpaired) electrons. The van der Waals surface area contributed by atoms with Crippen molar-refractivity contribution in [3.05, 3.63) is 12.7 Å². The number of aliphatic hydroxyl groups excluding tert-OH is 1.